The molecule has 4 aromatic rings. The lowest BCUT2D eigenvalue weighted by Gasteiger charge is -2.12. The number of nitrogens with zero attached hydrogens (tertiary/aromatic N) is 2. The van der Waals surface area contributed by atoms with Gasteiger partial charge < -0.3 is 0 Å². The van der Waals surface area contributed by atoms with Crippen molar-refractivity contribution in [2.75, 3.05) is 0 Å². The van der Waals surface area contributed by atoms with Crippen molar-refractivity contribution in [2.24, 2.45) is 5.41 Å². The molecule has 0 atom stereocenters. The Balaban J connectivity index is 2.05. The summed E-state index contributed by atoms with van der Waals surface area (Å²) in [5, 5.41) is 3.74. The fourth-order valence-electron chi connectivity index (χ4n) is 3.62. The Morgan fingerprint density at radius 3 is 2.60 bits per heavy atom. The van der Waals surface area contributed by atoms with E-state index >= 15 is 0 Å². The second-order valence-electron chi connectivity index (χ2n) is 7.16. The topological polar surface area (TPSA) is 34.4 Å². The Morgan fingerprint density at radius 1 is 1.00 bits per heavy atom. The molecule has 0 N–H and O–H groups in total. The molecule has 1 aliphatic rings. The first-order valence-electron chi connectivity index (χ1n) is 8.24. The van der Waals surface area contributed by atoms with Gasteiger partial charge in [0.25, 0.3) is 5.56 Å². The van der Waals surface area contributed by atoms with Crippen LogP contribution in [0.5, 0.6) is 0 Å². The third-order valence-electron chi connectivity index (χ3n) is 4.94. The van der Waals surface area contributed by atoms with Crippen molar-refractivity contribution in [1.29, 1.82) is 0 Å². The zero-order valence-electron chi connectivity index (χ0n) is 13.9. The van der Waals surface area contributed by atoms with Gasteiger partial charge in [0.2, 0.25) is 0 Å². The second-order valence-corrected chi connectivity index (χ2v) is 8.01. The number of hydrogen-bond acceptors (Lipinski definition) is 2. The normalized spacial score (nSPS) is 16.0. The molecule has 0 saturated heterocycles. The van der Waals surface area contributed by atoms with Gasteiger partial charge in [-0.1, -0.05) is 54.1 Å². The van der Waals surface area contributed by atoms with E-state index in [0.29, 0.717) is 0 Å². The van der Waals surface area contributed by atoms with E-state index in [9.17, 15) is 4.79 Å². The van der Waals surface area contributed by atoms with Crippen LogP contribution in [0.25, 0.3) is 39.3 Å². The number of hydrogen-bond donors (Lipinski definition) is 0. The molecule has 0 bridgehead atoms. The van der Waals surface area contributed by atoms with Gasteiger partial charge in [-0.2, -0.15) is 0 Å². The van der Waals surface area contributed by atoms with Crippen LogP contribution in [0.4, 0.5) is 0 Å². The number of rotatable bonds is 0. The summed E-state index contributed by atoms with van der Waals surface area (Å²) in [7, 11) is 0. The van der Waals surface area contributed by atoms with Gasteiger partial charge in [-0.25, -0.2) is 4.98 Å². The third-order valence-corrected chi connectivity index (χ3v) is 5.64. The van der Waals surface area contributed by atoms with Crippen LogP contribution in [0.15, 0.2) is 51.8 Å². The first-order chi connectivity index (χ1) is 12.0. The van der Waals surface area contributed by atoms with Crippen molar-refractivity contribution < 1.29 is 0 Å². The molecule has 0 fully saturated rings. The number of halogens is 1. The lowest BCUT2D eigenvalue weighted by Crippen LogP contribution is -2.14. The molecule has 0 aliphatic heterocycles. The molecule has 5 rings (SSSR count). The maximum atomic E-state index is 13.3. The SMILES string of the molecule is CC1(C)C=Cc2nc3c4ccc(Br)c5cccc(c(=O)n3c2C=C1)c54. The van der Waals surface area contributed by atoms with E-state index < -0.39 is 0 Å². The number of benzene rings is 2. The van der Waals surface area contributed by atoms with Gasteiger partial charge in [0.15, 0.2) is 0 Å². The highest BCUT2D eigenvalue weighted by atomic mass is 79.9. The van der Waals surface area contributed by atoms with E-state index in [1.807, 2.05) is 42.5 Å². The molecule has 0 unspecified atom stereocenters. The first kappa shape index (κ1) is 14.8. The Bertz CT molecular complexity index is 1290. The van der Waals surface area contributed by atoms with E-state index in [2.05, 4.69) is 41.9 Å². The molecule has 0 amide bonds. The second kappa shape index (κ2) is 4.79. The van der Waals surface area contributed by atoms with E-state index in [1.54, 1.807) is 4.40 Å². The number of allylic oxidation sites excluding steroid dienone is 2. The zero-order valence-corrected chi connectivity index (χ0v) is 15.5. The summed E-state index contributed by atoms with van der Waals surface area (Å²) >= 11 is 3.60. The summed E-state index contributed by atoms with van der Waals surface area (Å²) < 4.78 is 2.74. The molecule has 4 heteroatoms. The van der Waals surface area contributed by atoms with Crippen LogP contribution < -0.4 is 5.56 Å². The standard InChI is InChI=1S/C21H15BrN2O/c1-21(2)10-8-16-17(9-11-21)24-19(23-16)13-6-7-15(22)12-4-3-5-14(18(12)13)20(24)25/h3-11H,1-2H3. The van der Waals surface area contributed by atoms with Crippen molar-refractivity contribution in [3.05, 3.63) is 68.7 Å². The van der Waals surface area contributed by atoms with Crippen LogP contribution in [-0.4, -0.2) is 9.38 Å². The summed E-state index contributed by atoms with van der Waals surface area (Å²) in [6, 6.07) is 9.93. The van der Waals surface area contributed by atoms with E-state index in [0.717, 1.165) is 43.1 Å². The third kappa shape index (κ3) is 1.97. The summed E-state index contributed by atoms with van der Waals surface area (Å²) in [6.45, 7) is 4.27. The number of fused-ring (bicyclic) bond motifs is 4. The van der Waals surface area contributed by atoms with Gasteiger partial charge in [-0.15, -0.1) is 0 Å². The Kier molecular flexibility index (Phi) is 2.85. The number of aromatic nitrogens is 2. The summed E-state index contributed by atoms with van der Waals surface area (Å²) in [5.74, 6) is 0. The van der Waals surface area contributed by atoms with Crippen LogP contribution in [0.1, 0.15) is 25.2 Å². The van der Waals surface area contributed by atoms with E-state index in [4.69, 9.17) is 4.98 Å². The quantitative estimate of drug-likeness (QED) is 0.409. The fraction of sp³-hybridized carbons (Fsp3) is 0.143. The maximum absolute atomic E-state index is 13.3. The molecule has 25 heavy (non-hydrogen) atoms. The smallest absolute Gasteiger partial charge is 0.264 e. The molecule has 0 spiro atoms. The average Bonchev–Trinajstić information content (AvgIpc) is 2.89. The summed E-state index contributed by atoms with van der Waals surface area (Å²) in [4.78, 5) is 18.1. The van der Waals surface area contributed by atoms with Crippen molar-refractivity contribution in [3.63, 3.8) is 0 Å². The fourth-order valence-corrected chi connectivity index (χ4v) is 4.08. The lowest BCUT2D eigenvalue weighted by atomic mass is 9.93. The summed E-state index contributed by atoms with van der Waals surface area (Å²) in [6.07, 6.45) is 8.29. The largest absolute Gasteiger partial charge is 0.268 e. The van der Waals surface area contributed by atoms with Gasteiger partial charge in [0.1, 0.15) is 5.65 Å². The zero-order chi connectivity index (χ0) is 17.3. The highest BCUT2D eigenvalue weighted by Gasteiger charge is 2.21. The Hall–Kier alpha value is -2.46. The van der Waals surface area contributed by atoms with Gasteiger partial charge in [0.05, 0.1) is 11.4 Å². The predicted molar refractivity (Wildman–Crippen MR) is 107 cm³/mol. The van der Waals surface area contributed by atoms with Gasteiger partial charge >= 0.3 is 0 Å². The van der Waals surface area contributed by atoms with Gasteiger partial charge in [-0.05, 0) is 35.7 Å². The van der Waals surface area contributed by atoms with Crippen molar-refractivity contribution in [2.45, 2.75) is 13.8 Å². The van der Waals surface area contributed by atoms with Crippen LogP contribution in [0.2, 0.25) is 0 Å². The Labute approximate surface area is 152 Å². The van der Waals surface area contributed by atoms with Crippen LogP contribution in [-0.2, 0) is 0 Å². The van der Waals surface area contributed by atoms with Gasteiger partial charge in [-0.3, -0.25) is 9.20 Å². The molecule has 2 aromatic carbocycles. The molecule has 2 heterocycles. The average molecular weight is 391 g/mol. The van der Waals surface area contributed by atoms with E-state index in [-0.39, 0.29) is 11.0 Å². The van der Waals surface area contributed by atoms with Gasteiger partial charge in [0, 0.05) is 26.0 Å². The highest BCUT2D eigenvalue weighted by Crippen LogP contribution is 2.34. The molecule has 0 radical (unpaired) electrons. The monoisotopic (exact) mass is 390 g/mol. The molecule has 2 aromatic heterocycles. The molecule has 0 saturated carbocycles. The molecular weight excluding hydrogens is 376 g/mol. The van der Waals surface area contributed by atoms with E-state index in [1.165, 1.54) is 0 Å². The first-order valence-corrected chi connectivity index (χ1v) is 9.03. The molecule has 1 aliphatic carbocycles. The maximum Gasteiger partial charge on any atom is 0.264 e. The van der Waals surface area contributed by atoms with Crippen LogP contribution in [0, 0.1) is 5.41 Å². The minimum absolute atomic E-state index is 0.0160. The summed E-state index contributed by atoms with van der Waals surface area (Å²) in [5.41, 5.74) is 2.35. The van der Waals surface area contributed by atoms with Crippen molar-refractivity contribution >= 4 is 55.3 Å². The predicted octanol–water partition coefficient (Wildman–Crippen LogP) is 5.27. The Morgan fingerprint density at radius 2 is 1.76 bits per heavy atom. The molecule has 122 valence electrons. The van der Waals surface area contributed by atoms with Crippen LogP contribution >= 0.6 is 15.9 Å². The molecule has 3 nitrogen and oxygen atoms in total. The van der Waals surface area contributed by atoms with Crippen molar-refractivity contribution in [1.82, 2.24) is 9.38 Å². The lowest BCUT2D eigenvalue weighted by molar-refractivity contribution is 0.633. The molecular formula is C21H15BrN2O. The minimum atomic E-state index is -0.0539. The number of pyridine rings is 1. The highest BCUT2D eigenvalue weighted by molar-refractivity contribution is 9.10. The van der Waals surface area contributed by atoms with Crippen molar-refractivity contribution in [3.8, 4) is 0 Å². The van der Waals surface area contributed by atoms with Crippen LogP contribution in [0.3, 0.4) is 0 Å². The minimum Gasteiger partial charge on any atom is -0.268 e. The number of imidazole rings is 1.